The van der Waals surface area contributed by atoms with Crippen molar-refractivity contribution in [3.05, 3.63) is 29.6 Å². The Morgan fingerprint density at radius 2 is 2.37 bits per heavy atom. The van der Waals surface area contributed by atoms with E-state index in [0.29, 0.717) is 25.3 Å². The molecule has 1 aliphatic rings. The van der Waals surface area contributed by atoms with Gasteiger partial charge in [0.25, 0.3) is 0 Å². The van der Waals surface area contributed by atoms with Gasteiger partial charge in [0, 0.05) is 24.7 Å². The lowest BCUT2D eigenvalue weighted by molar-refractivity contribution is -0.117. The quantitative estimate of drug-likeness (QED) is 0.893. The number of amides is 1. The Morgan fingerprint density at radius 1 is 1.58 bits per heavy atom. The van der Waals surface area contributed by atoms with Crippen LogP contribution in [0.4, 0.5) is 10.1 Å². The number of benzene rings is 1. The zero-order chi connectivity index (χ0) is 13.0. The topological polar surface area (TPSA) is 50.4 Å². The summed E-state index contributed by atoms with van der Waals surface area (Å²) in [5.74, 6) is -0.388. The van der Waals surface area contributed by atoms with Crippen LogP contribution < -0.4 is 10.6 Å². The van der Waals surface area contributed by atoms with E-state index >= 15 is 0 Å². The summed E-state index contributed by atoms with van der Waals surface area (Å²) in [6.45, 7) is 3.78. The lowest BCUT2D eigenvalue weighted by Crippen LogP contribution is -2.43. The molecule has 1 atom stereocenters. The monoisotopic (exact) mass is 288 g/mol. The predicted octanol–water partition coefficient (Wildman–Crippen LogP) is 1.87. The van der Waals surface area contributed by atoms with E-state index in [-0.39, 0.29) is 30.2 Å². The van der Waals surface area contributed by atoms with Crippen LogP contribution in [0.2, 0.25) is 0 Å². The molecule has 19 heavy (non-hydrogen) atoms. The summed E-state index contributed by atoms with van der Waals surface area (Å²) >= 11 is 0. The van der Waals surface area contributed by atoms with E-state index in [2.05, 4.69) is 10.6 Å². The molecule has 0 aliphatic carbocycles. The van der Waals surface area contributed by atoms with Crippen LogP contribution >= 0.6 is 12.4 Å². The van der Waals surface area contributed by atoms with Crippen LogP contribution in [0.1, 0.15) is 12.0 Å². The van der Waals surface area contributed by atoms with Crippen molar-refractivity contribution in [3.8, 4) is 0 Å². The van der Waals surface area contributed by atoms with Crippen LogP contribution in [0.5, 0.6) is 0 Å². The van der Waals surface area contributed by atoms with Crippen molar-refractivity contribution in [2.24, 2.45) is 0 Å². The van der Waals surface area contributed by atoms with E-state index in [1.165, 1.54) is 12.1 Å². The number of halogens is 2. The molecule has 1 heterocycles. The van der Waals surface area contributed by atoms with Gasteiger partial charge >= 0.3 is 0 Å². The second-order valence-electron chi connectivity index (χ2n) is 4.44. The smallest absolute Gasteiger partial charge is 0.226 e. The number of carbonyl (C=O) groups excluding carboxylic acids is 1. The van der Waals surface area contributed by atoms with Crippen molar-refractivity contribution < 1.29 is 13.9 Å². The fraction of sp³-hybridized carbons (Fsp3) is 0.462. The Hall–Kier alpha value is -1.17. The van der Waals surface area contributed by atoms with Crippen molar-refractivity contribution in [1.29, 1.82) is 0 Å². The third kappa shape index (κ3) is 4.78. The Morgan fingerprint density at radius 3 is 3.00 bits per heavy atom. The van der Waals surface area contributed by atoms with Gasteiger partial charge in [-0.15, -0.1) is 12.4 Å². The number of aryl methyl sites for hydroxylation is 1. The maximum atomic E-state index is 12.9. The third-order valence-corrected chi connectivity index (χ3v) is 2.89. The molecule has 1 fully saturated rings. The van der Waals surface area contributed by atoms with Gasteiger partial charge in [0.1, 0.15) is 5.82 Å². The summed E-state index contributed by atoms with van der Waals surface area (Å²) in [5, 5.41) is 6.00. The number of carbonyl (C=O) groups is 1. The van der Waals surface area contributed by atoms with Crippen LogP contribution in [0.3, 0.4) is 0 Å². The molecule has 0 spiro atoms. The molecule has 1 amide bonds. The van der Waals surface area contributed by atoms with Gasteiger partial charge in [-0.3, -0.25) is 4.79 Å². The molecular formula is C13H18ClFN2O2. The van der Waals surface area contributed by atoms with Gasteiger partial charge < -0.3 is 15.4 Å². The van der Waals surface area contributed by atoms with Crippen LogP contribution in [-0.4, -0.2) is 31.7 Å². The second kappa shape index (κ2) is 7.43. The highest BCUT2D eigenvalue weighted by Gasteiger charge is 2.17. The summed E-state index contributed by atoms with van der Waals surface area (Å²) in [5.41, 5.74) is 1.37. The number of morpholine rings is 1. The van der Waals surface area contributed by atoms with E-state index in [1.54, 1.807) is 13.0 Å². The molecule has 1 aromatic rings. The normalized spacial score (nSPS) is 18.5. The first-order valence-corrected chi connectivity index (χ1v) is 6.02. The van der Waals surface area contributed by atoms with Crippen molar-refractivity contribution in [1.82, 2.24) is 5.32 Å². The standard InChI is InChI=1S/C13H17FN2O2.ClH/c1-9-6-10(14)2-3-12(9)16-13(17)7-11-8-18-5-4-15-11;/h2-3,6,11,15H,4-5,7-8H2,1H3,(H,16,17);1H. The van der Waals surface area contributed by atoms with E-state index in [4.69, 9.17) is 4.74 Å². The second-order valence-corrected chi connectivity index (χ2v) is 4.44. The Labute approximate surface area is 118 Å². The highest BCUT2D eigenvalue weighted by molar-refractivity contribution is 5.91. The Kier molecular flexibility index (Phi) is 6.21. The van der Waals surface area contributed by atoms with Gasteiger partial charge in [-0.25, -0.2) is 4.39 Å². The van der Waals surface area contributed by atoms with Crippen molar-refractivity contribution >= 4 is 24.0 Å². The van der Waals surface area contributed by atoms with Gasteiger partial charge in [-0.2, -0.15) is 0 Å². The molecule has 1 unspecified atom stereocenters. The van der Waals surface area contributed by atoms with E-state index in [1.807, 2.05) is 0 Å². The Bertz CT molecular complexity index is 437. The fourth-order valence-electron chi connectivity index (χ4n) is 1.94. The van der Waals surface area contributed by atoms with Crippen LogP contribution in [-0.2, 0) is 9.53 Å². The molecule has 0 radical (unpaired) electrons. The predicted molar refractivity (Wildman–Crippen MR) is 74.2 cm³/mol. The highest BCUT2D eigenvalue weighted by Crippen LogP contribution is 2.16. The highest BCUT2D eigenvalue weighted by atomic mass is 35.5. The Balaban J connectivity index is 0.00000180. The molecule has 1 saturated heterocycles. The van der Waals surface area contributed by atoms with E-state index in [0.717, 1.165) is 12.1 Å². The lowest BCUT2D eigenvalue weighted by Gasteiger charge is -2.23. The zero-order valence-corrected chi connectivity index (χ0v) is 11.6. The molecule has 1 aromatic carbocycles. The first-order chi connectivity index (χ1) is 8.65. The SMILES string of the molecule is Cc1cc(F)ccc1NC(=O)CC1COCCN1.Cl. The molecule has 4 nitrogen and oxygen atoms in total. The van der Waals surface area contributed by atoms with Gasteiger partial charge in [0.15, 0.2) is 0 Å². The van der Waals surface area contributed by atoms with E-state index in [9.17, 15) is 9.18 Å². The maximum Gasteiger partial charge on any atom is 0.226 e. The first-order valence-electron chi connectivity index (χ1n) is 6.02. The lowest BCUT2D eigenvalue weighted by atomic mass is 10.1. The number of nitrogens with one attached hydrogen (secondary N) is 2. The zero-order valence-electron chi connectivity index (χ0n) is 10.7. The van der Waals surface area contributed by atoms with Gasteiger partial charge in [-0.05, 0) is 30.7 Å². The minimum Gasteiger partial charge on any atom is -0.378 e. The van der Waals surface area contributed by atoms with Crippen LogP contribution in [0.25, 0.3) is 0 Å². The molecule has 0 aromatic heterocycles. The van der Waals surface area contributed by atoms with Crippen LogP contribution in [0, 0.1) is 12.7 Å². The molecule has 0 saturated carbocycles. The summed E-state index contributed by atoms with van der Waals surface area (Å²) in [6.07, 6.45) is 0.358. The molecule has 2 rings (SSSR count). The van der Waals surface area contributed by atoms with Gasteiger partial charge in [0.05, 0.1) is 13.2 Å². The van der Waals surface area contributed by atoms with Crippen LogP contribution in [0.15, 0.2) is 18.2 Å². The number of anilines is 1. The summed E-state index contributed by atoms with van der Waals surface area (Å²) < 4.78 is 18.2. The summed E-state index contributed by atoms with van der Waals surface area (Å²) in [7, 11) is 0. The molecule has 0 bridgehead atoms. The minimum absolute atomic E-state index is 0. The average Bonchev–Trinajstić information content (AvgIpc) is 2.34. The number of hydrogen-bond acceptors (Lipinski definition) is 3. The molecule has 2 N–H and O–H groups in total. The number of hydrogen-bond donors (Lipinski definition) is 2. The summed E-state index contributed by atoms with van der Waals surface area (Å²) in [4.78, 5) is 11.8. The third-order valence-electron chi connectivity index (χ3n) is 2.89. The summed E-state index contributed by atoms with van der Waals surface area (Å²) in [6, 6.07) is 4.37. The van der Waals surface area contributed by atoms with E-state index < -0.39 is 0 Å². The number of ether oxygens (including phenoxy) is 1. The van der Waals surface area contributed by atoms with Gasteiger partial charge in [0.2, 0.25) is 5.91 Å². The average molecular weight is 289 g/mol. The van der Waals surface area contributed by atoms with Crippen molar-refractivity contribution in [3.63, 3.8) is 0 Å². The first kappa shape index (κ1) is 15.9. The van der Waals surface area contributed by atoms with Gasteiger partial charge in [-0.1, -0.05) is 0 Å². The maximum absolute atomic E-state index is 12.9. The van der Waals surface area contributed by atoms with Crippen molar-refractivity contribution in [2.45, 2.75) is 19.4 Å². The number of rotatable bonds is 3. The minimum atomic E-state index is -0.298. The fourth-order valence-corrected chi connectivity index (χ4v) is 1.94. The molecule has 6 heteroatoms. The molecular weight excluding hydrogens is 271 g/mol. The molecule has 1 aliphatic heterocycles. The van der Waals surface area contributed by atoms with Crippen molar-refractivity contribution in [2.75, 3.05) is 25.1 Å². The largest absolute Gasteiger partial charge is 0.378 e. The molecule has 106 valence electrons.